The third-order valence-electron chi connectivity index (χ3n) is 2.54. The summed E-state index contributed by atoms with van der Waals surface area (Å²) in [5.74, 6) is -0.147. The number of H-pyrrole nitrogens is 1. The Morgan fingerprint density at radius 2 is 2.29 bits per heavy atom. The van der Waals surface area contributed by atoms with Gasteiger partial charge in [0.1, 0.15) is 0 Å². The molecule has 5 heteroatoms. The van der Waals surface area contributed by atoms with Crippen LogP contribution in [0.15, 0.2) is 30.5 Å². The van der Waals surface area contributed by atoms with Crippen LogP contribution in [0.25, 0.3) is 0 Å². The van der Waals surface area contributed by atoms with E-state index in [-0.39, 0.29) is 5.91 Å². The van der Waals surface area contributed by atoms with Crippen molar-refractivity contribution in [3.8, 4) is 0 Å². The topological polar surface area (TPSA) is 83.8 Å². The van der Waals surface area contributed by atoms with Crippen molar-refractivity contribution in [1.82, 2.24) is 15.5 Å². The molecule has 1 aromatic heterocycles. The second-order valence-electron chi connectivity index (χ2n) is 3.84. The second kappa shape index (κ2) is 4.69. The summed E-state index contributed by atoms with van der Waals surface area (Å²) in [6, 6.07) is 7.08. The van der Waals surface area contributed by atoms with Crippen LogP contribution in [0.3, 0.4) is 0 Å². The normalized spacial score (nSPS) is 10.2. The minimum atomic E-state index is -0.147. The summed E-state index contributed by atoms with van der Waals surface area (Å²) < 4.78 is 0. The van der Waals surface area contributed by atoms with Gasteiger partial charge in [0.15, 0.2) is 0 Å². The van der Waals surface area contributed by atoms with Crippen molar-refractivity contribution < 1.29 is 4.79 Å². The SMILES string of the molecule is Cc1ccc(C(=O)NCc2ccn[nH]2)cc1N. The lowest BCUT2D eigenvalue weighted by Crippen LogP contribution is -2.23. The van der Waals surface area contributed by atoms with E-state index in [0.717, 1.165) is 11.3 Å². The molecule has 0 saturated heterocycles. The van der Waals surface area contributed by atoms with Gasteiger partial charge in [-0.25, -0.2) is 0 Å². The standard InChI is InChI=1S/C12H14N4O/c1-8-2-3-9(6-11(8)13)12(17)14-7-10-4-5-15-16-10/h2-6H,7,13H2,1H3,(H,14,17)(H,15,16). The van der Waals surface area contributed by atoms with Crippen LogP contribution in [0.2, 0.25) is 0 Å². The van der Waals surface area contributed by atoms with E-state index < -0.39 is 0 Å². The summed E-state index contributed by atoms with van der Waals surface area (Å²) >= 11 is 0. The van der Waals surface area contributed by atoms with Crippen LogP contribution in [-0.4, -0.2) is 16.1 Å². The zero-order valence-electron chi connectivity index (χ0n) is 9.53. The first-order valence-corrected chi connectivity index (χ1v) is 5.29. The predicted octanol–water partition coefficient (Wildman–Crippen LogP) is 1.23. The lowest BCUT2D eigenvalue weighted by Gasteiger charge is -2.06. The fourth-order valence-electron chi connectivity index (χ4n) is 1.44. The zero-order valence-corrected chi connectivity index (χ0v) is 9.53. The largest absolute Gasteiger partial charge is 0.398 e. The Hall–Kier alpha value is -2.30. The Bertz CT molecular complexity index is 519. The summed E-state index contributed by atoms with van der Waals surface area (Å²) in [7, 11) is 0. The molecule has 0 bridgehead atoms. The van der Waals surface area contributed by atoms with Crippen molar-refractivity contribution in [3.05, 3.63) is 47.3 Å². The van der Waals surface area contributed by atoms with Gasteiger partial charge in [0.25, 0.3) is 5.91 Å². The van der Waals surface area contributed by atoms with Crippen LogP contribution < -0.4 is 11.1 Å². The molecule has 0 aliphatic carbocycles. The fraction of sp³-hybridized carbons (Fsp3) is 0.167. The molecule has 0 fully saturated rings. The van der Waals surface area contributed by atoms with Crippen LogP contribution in [0.1, 0.15) is 21.6 Å². The molecule has 1 heterocycles. The lowest BCUT2D eigenvalue weighted by atomic mass is 10.1. The van der Waals surface area contributed by atoms with E-state index in [4.69, 9.17) is 5.73 Å². The number of carbonyl (C=O) groups is 1. The number of carbonyl (C=O) groups excluding carboxylic acids is 1. The molecule has 0 aliphatic heterocycles. The highest BCUT2D eigenvalue weighted by molar-refractivity contribution is 5.95. The van der Waals surface area contributed by atoms with Gasteiger partial charge in [-0.05, 0) is 30.7 Å². The zero-order chi connectivity index (χ0) is 12.3. The lowest BCUT2D eigenvalue weighted by molar-refractivity contribution is 0.0950. The number of rotatable bonds is 3. The van der Waals surface area contributed by atoms with E-state index in [9.17, 15) is 4.79 Å². The quantitative estimate of drug-likeness (QED) is 0.693. The highest BCUT2D eigenvalue weighted by Gasteiger charge is 2.06. The van der Waals surface area contributed by atoms with Crippen LogP contribution in [0.5, 0.6) is 0 Å². The molecular formula is C12H14N4O. The van der Waals surface area contributed by atoms with Gasteiger partial charge in [-0.2, -0.15) is 5.10 Å². The minimum absolute atomic E-state index is 0.147. The average molecular weight is 230 g/mol. The van der Waals surface area contributed by atoms with Gasteiger partial charge in [0.2, 0.25) is 0 Å². The van der Waals surface area contributed by atoms with Crippen molar-refractivity contribution in [2.75, 3.05) is 5.73 Å². The van der Waals surface area contributed by atoms with Gasteiger partial charge >= 0.3 is 0 Å². The number of nitrogens with one attached hydrogen (secondary N) is 2. The molecule has 17 heavy (non-hydrogen) atoms. The third kappa shape index (κ3) is 2.63. The first kappa shape index (κ1) is 11.2. The number of amides is 1. The van der Waals surface area contributed by atoms with Gasteiger partial charge in [0.05, 0.1) is 12.2 Å². The number of aromatic nitrogens is 2. The maximum Gasteiger partial charge on any atom is 0.251 e. The Morgan fingerprint density at radius 3 is 2.94 bits per heavy atom. The number of aryl methyl sites for hydroxylation is 1. The molecule has 1 amide bonds. The summed E-state index contributed by atoms with van der Waals surface area (Å²) in [6.07, 6.45) is 1.64. The first-order valence-electron chi connectivity index (χ1n) is 5.29. The van der Waals surface area contributed by atoms with Crippen LogP contribution in [-0.2, 0) is 6.54 Å². The van der Waals surface area contributed by atoms with Crippen molar-refractivity contribution >= 4 is 11.6 Å². The predicted molar refractivity (Wildman–Crippen MR) is 65.3 cm³/mol. The summed E-state index contributed by atoms with van der Waals surface area (Å²) in [5, 5.41) is 9.36. The summed E-state index contributed by atoms with van der Waals surface area (Å²) in [5.41, 5.74) is 8.77. The number of hydrogen-bond acceptors (Lipinski definition) is 3. The van der Waals surface area contributed by atoms with Crippen molar-refractivity contribution in [2.24, 2.45) is 0 Å². The minimum Gasteiger partial charge on any atom is -0.398 e. The summed E-state index contributed by atoms with van der Waals surface area (Å²) in [4.78, 5) is 11.8. The van der Waals surface area contributed by atoms with E-state index in [1.54, 1.807) is 18.3 Å². The van der Waals surface area contributed by atoms with Crippen LogP contribution in [0.4, 0.5) is 5.69 Å². The molecule has 2 aromatic rings. The number of anilines is 1. The smallest absolute Gasteiger partial charge is 0.251 e. The molecule has 1 aromatic carbocycles. The van der Waals surface area contributed by atoms with Gasteiger partial charge in [-0.3, -0.25) is 9.89 Å². The van der Waals surface area contributed by atoms with Gasteiger partial charge in [-0.15, -0.1) is 0 Å². The van der Waals surface area contributed by atoms with E-state index in [1.165, 1.54) is 0 Å². The number of nitrogens with zero attached hydrogens (tertiary/aromatic N) is 1. The number of aromatic amines is 1. The maximum atomic E-state index is 11.8. The molecular weight excluding hydrogens is 216 g/mol. The monoisotopic (exact) mass is 230 g/mol. The van der Waals surface area contributed by atoms with Crippen LogP contribution in [0, 0.1) is 6.92 Å². The molecule has 0 atom stereocenters. The maximum absolute atomic E-state index is 11.8. The number of nitrogens with two attached hydrogens (primary N) is 1. The van der Waals surface area contributed by atoms with E-state index >= 15 is 0 Å². The highest BCUT2D eigenvalue weighted by Crippen LogP contribution is 2.12. The highest BCUT2D eigenvalue weighted by atomic mass is 16.1. The molecule has 88 valence electrons. The Labute approximate surface area is 99.0 Å². The van der Waals surface area contributed by atoms with Gasteiger partial charge in [-0.1, -0.05) is 6.07 Å². The Morgan fingerprint density at radius 1 is 1.47 bits per heavy atom. The van der Waals surface area contributed by atoms with E-state index in [2.05, 4.69) is 15.5 Å². The number of benzene rings is 1. The molecule has 0 spiro atoms. The molecule has 0 saturated carbocycles. The van der Waals surface area contributed by atoms with E-state index in [1.807, 2.05) is 19.1 Å². The second-order valence-corrected chi connectivity index (χ2v) is 3.84. The average Bonchev–Trinajstić information content (AvgIpc) is 2.82. The molecule has 0 aliphatic rings. The third-order valence-corrected chi connectivity index (χ3v) is 2.54. The molecule has 5 nitrogen and oxygen atoms in total. The molecule has 0 radical (unpaired) electrons. The molecule has 4 N–H and O–H groups in total. The fourth-order valence-corrected chi connectivity index (χ4v) is 1.44. The first-order chi connectivity index (χ1) is 8.16. The van der Waals surface area contributed by atoms with Crippen molar-refractivity contribution in [3.63, 3.8) is 0 Å². The van der Waals surface area contributed by atoms with Crippen molar-refractivity contribution in [1.29, 1.82) is 0 Å². The van der Waals surface area contributed by atoms with Crippen LogP contribution >= 0.6 is 0 Å². The number of nitrogen functional groups attached to an aromatic ring is 1. The summed E-state index contributed by atoms with van der Waals surface area (Å²) in [6.45, 7) is 2.33. The van der Waals surface area contributed by atoms with E-state index in [0.29, 0.717) is 17.8 Å². The Balaban J connectivity index is 2.02. The molecule has 0 unspecified atom stereocenters. The van der Waals surface area contributed by atoms with Gasteiger partial charge < -0.3 is 11.1 Å². The molecule has 2 rings (SSSR count). The van der Waals surface area contributed by atoms with Gasteiger partial charge in [0, 0.05) is 17.4 Å². The number of hydrogen-bond donors (Lipinski definition) is 3. The van der Waals surface area contributed by atoms with Crippen molar-refractivity contribution in [2.45, 2.75) is 13.5 Å². The Kier molecular flexibility index (Phi) is 3.09.